The predicted octanol–water partition coefficient (Wildman–Crippen LogP) is 4.38. The van der Waals surface area contributed by atoms with E-state index >= 15 is 0 Å². The lowest BCUT2D eigenvalue weighted by Crippen LogP contribution is -2.05. The lowest BCUT2D eigenvalue weighted by molar-refractivity contribution is 0.0972. The fraction of sp³-hybridized carbons (Fsp3) is 0.222. The average molecular weight is 278 g/mol. The number of carbonyl (C=O) groups excluding carboxylic acids is 1. The molecule has 1 aliphatic carbocycles. The van der Waals surface area contributed by atoms with E-state index in [0.29, 0.717) is 0 Å². The number of hydrogen-bond donors (Lipinski definition) is 0. The highest BCUT2D eigenvalue weighted by atomic mass is 16.2. The number of hydrogen-bond acceptors (Lipinski definition) is 2. The number of aromatic nitrogens is 2. The molecule has 0 N–H and O–H groups in total. The molecular weight excluding hydrogens is 260 g/mol. The fourth-order valence-electron chi connectivity index (χ4n) is 2.69. The highest BCUT2D eigenvalue weighted by molar-refractivity contribution is 6.18. The maximum absolute atomic E-state index is 12.6. The van der Waals surface area contributed by atoms with Gasteiger partial charge in [-0.1, -0.05) is 43.7 Å². The summed E-state index contributed by atoms with van der Waals surface area (Å²) in [6.07, 6.45) is 6.91. The summed E-state index contributed by atoms with van der Waals surface area (Å²) in [7, 11) is 0. The number of benzene rings is 1. The third-order valence-electron chi connectivity index (χ3n) is 3.69. The molecule has 2 aliphatic rings. The van der Waals surface area contributed by atoms with Gasteiger partial charge in [0, 0.05) is 5.57 Å². The zero-order chi connectivity index (χ0) is 15.0. The highest BCUT2D eigenvalue weighted by Gasteiger charge is 2.32. The Balaban J connectivity index is 0.000000636. The Kier molecular flexibility index (Phi) is 3.34. The highest BCUT2D eigenvalue weighted by Crippen LogP contribution is 2.36. The average Bonchev–Trinajstić information content (AvgIpc) is 2.93. The quantitative estimate of drug-likeness (QED) is 0.717. The summed E-state index contributed by atoms with van der Waals surface area (Å²) in [5, 5.41) is 0. The van der Waals surface area contributed by atoms with Gasteiger partial charge < -0.3 is 0 Å². The van der Waals surface area contributed by atoms with Crippen molar-refractivity contribution in [3.63, 3.8) is 0 Å². The number of rotatable bonds is 0. The largest absolute Gasteiger partial charge is 0.268 e. The lowest BCUT2D eigenvalue weighted by atomic mass is 10.1. The van der Waals surface area contributed by atoms with Gasteiger partial charge in [-0.3, -0.25) is 9.36 Å². The Hall–Kier alpha value is -2.42. The van der Waals surface area contributed by atoms with Crippen LogP contribution in [0.5, 0.6) is 0 Å². The molecule has 0 unspecified atom stereocenters. The molecule has 1 aromatic carbocycles. The van der Waals surface area contributed by atoms with Crippen LogP contribution >= 0.6 is 0 Å². The van der Waals surface area contributed by atoms with E-state index in [2.05, 4.69) is 18.0 Å². The normalized spacial score (nSPS) is 16.1. The first-order valence-electron chi connectivity index (χ1n) is 7.36. The topological polar surface area (TPSA) is 34.9 Å². The molecular formula is C18H18N2O. The van der Waals surface area contributed by atoms with Crippen LogP contribution in [0, 0.1) is 0 Å². The first-order valence-corrected chi connectivity index (χ1v) is 7.36. The van der Waals surface area contributed by atoms with Crippen LogP contribution in [0.3, 0.4) is 0 Å². The van der Waals surface area contributed by atoms with Crippen molar-refractivity contribution in [2.24, 2.45) is 0 Å². The van der Waals surface area contributed by atoms with Gasteiger partial charge in [0.1, 0.15) is 5.82 Å². The summed E-state index contributed by atoms with van der Waals surface area (Å²) in [5.74, 6) is 0.807. The molecule has 0 atom stereocenters. The summed E-state index contributed by atoms with van der Waals surface area (Å²) in [6.45, 7) is 6.07. The van der Waals surface area contributed by atoms with Crippen LogP contribution in [0.1, 0.15) is 37.8 Å². The molecule has 0 amide bonds. The fourth-order valence-corrected chi connectivity index (χ4v) is 2.69. The first kappa shape index (κ1) is 13.6. The SMILES string of the molecule is CC.CC1=CC=C2C(=O)n3c(nc4ccccc43)C2=CC1. The van der Waals surface area contributed by atoms with Crippen LogP contribution < -0.4 is 0 Å². The summed E-state index contributed by atoms with van der Waals surface area (Å²) >= 11 is 0. The Morgan fingerprint density at radius 3 is 2.67 bits per heavy atom. The Morgan fingerprint density at radius 1 is 1.10 bits per heavy atom. The van der Waals surface area contributed by atoms with E-state index < -0.39 is 0 Å². The van der Waals surface area contributed by atoms with Crippen LogP contribution in [0.25, 0.3) is 16.6 Å². The van der Waals surface area contributed by atoms with Crippen LogP contribution in [0.15, 0.2) is 53.6 Å². The number of allylic oxidation sites excluding steroid dienone is 6. The monoisotopic (exact) mass is 278 g/mol. The molecule has 4 rings (SSSR count). The summed E-state index contributed by atoms with van der Waals surface area (Å²) in [6, 6.07) is 7.76. The second-order valence-electron chi connectivity index (χ2n) is 4.98. The van der Waals surface area contributed by atoms with Crippen molar-refractivity contribution in [2.75, 3.05) is 0 Å². The predicted molar refractivity (Wildman–Crippen MR) is 86.1 cm³/mol. The third-order valence-corrected chi connectivity index (χ3v) is 3.69. The van der Waals surface area contributed by atoms with E-state index in [1.807, 2.05) is 50.3 Å². The van der Waals surface area contributed by atoms with Crippen molar-refractivity contribution in [1.29, 1.82) is 0 Å². The number of para-hydroxylation sites is 2. The van der Waals surface area contributed by atoms with Gasteiger partial charge in [-0.05, 0) is 31.6 Å². The summed E-state index contributed by atoms with van der Waals surface area (Å²) < 4.78 is 1.72. The van der Waals surface area contributed by atoms with Crippen molar-refractivity contribution in [2.45, 2.75) is 27.2 Å². The van der Waals surface area contributed by atoms with Gasteiger partial charge in [-0.15, -0.1) is 0 Å². The molecule has 0 saturated carbocycles. The summed E-state index contributed by atoms with van der Waals surface area (Å²) in [5.41, 5.74) is 4.74. The Bertz CT molecular complexity index is 819. The molecule has 21 heavy (non-hydrogen) atoms. The van der Waals surface area contributed by atoms with Gasteiger partial charge in [-0.25, -0.2) is 4.98 Å². The van der Waals surface area contributed by atoms with Gasteiger partial charge in [0.15, 0.2) is 0 Å². The molecule has 2 heterocycles. The first-order chi connectivity index (χ1) is 10.3. The van der Waals surface area contributed by atoms with Crippen LogP contribution in [0.4, 0.5) is 0 Å². The molecule has 0 spiro atoms. The van der Waals surface area contributed by atoms with Gasteiger partial charge in [0.05, 0.1) is 16.6 Å². The summed E-state index contributed by atoms with van der Waals surface area (Å²) in [4.78, 5) is 17.2. The van der Waals surface area contributed by atoms with E-state index in [4.69, 9.17) is 0 Å². The minimum atomic E-state index is 0.0286. The van der Waals surface area contributed by atoms with E-state index in [1.165, 1.54) is 5.57 Å². The Morgan fingerprint density at radius 2 is 1.86 bits per heavy atom. The van der Waals surface area contributed by atoms with Crippen molar-refractivity contribution in [3.8, 4) is 0 Å². The molecule has 0 fully saturated rings. The van der Waals surface area contributed by atoms with Crippen molar-refractivity contribution in [1.82, 2.24) is 9.55 Å². The van der Waals surface area contributed by atoms with E-state index in [-0.39, 0.29) is 5.91 Å². The van der Waals surface area contributed by atoms with E-state index in [1.54, 1.807) is 4.57 Å². The molecule has 0 saturated heterocycles. The van der Waals surface area contributed by atoms with Crippen LogP contribution in [-0.2, 0) is 0 Å². The molecule has 106 valence electrons. The van der Waals surface area contributed by atoms with Crippen molar-refractivity contribution >= 4 is 22.5 Å². The Labute approximate surface area is 124 Å². The minimum absolute atomic E-state index is 0.0286. The number of imidazole rings is 1. The van der Waals surface area contributed by atoms with E-state index in [0.717, 1.165) is 34.4 Å². The minimum Gasteiger partial charge on any atom is -0.268 e. The van der Waals surface area contributed by atoms with Crippen LogP contribution in [-0.4, -0.2) is 15.5 Å². The maximum Gasteiger partial charge on any atom is 0.264 e. The third kappa shape index (κ3) is 1.97. The molecule has 1 aromatic heterocycles. The van der Waals surface area contributed by atoms with Gasteiger partial charge in [0.2, 0.25) is 0 Å². The van der Waals surface area contributed by atoms with Crippen molar-refractivity contribution < 1.29 is 4.79 Å². The molecule has 2 aromatic rings. The molecule has 0 radical (unpaired) electrons. The van der Waals surface area contributed by atoms with Crippen LogP contribution in [0.2, 0.25) is 0 Å². The van der Waals surface area contributed by atoms with Gasteiger partial charge in [0.25, 0.3) is 5.91 Å². The smallest absolute Gasteiger partial charge is 0.264 e. The number of nitrogens with zero attached hydrogens (tertiary/aromatic N) is 2. The molecule has 1 aliphatic heterocycles. The molecule has 3 nitrogen and oxygen atoms in total. The number of carbonyl (C=O) groups is 1. The molecule has 0 bridgehead atoms. The van der Waals surface area contributed by atoms with Gasteiger partial charge in [-0.2, -0.15) is 0 Å². The second-order valence-corrected chi connectivity index (χ2v) is 4.98. The number of fused-ring (bicyclic) bond motifs is 5. The van der Waals surface area contributed by atoms with Crippen molar-refractivity contribution in [3.05, 3.63) is 59.5 Å². The standard InChI is InChI=1S/C16H12N2O.C2H6/c1-10-6-8-11-12(9-7-10)16(19)18-14-5-3-2-4-13(14)17-15(11)18;1-2/h2-5,7-9H,6H2,1H3;1-2H3. The molecule has 3 heteroatoms. The maximum atomic E-state index is 12.6. The zero-order valence-corrected chi connectivity index (χ0v) is 12.6. The zero-order valence-electron chi connectivity index (χ0n) is 12.6. The lowest BCUT2D eigenvalue weighted by Gasteiger charge is -1.97. The van der Waals surface area contributed by atoms with Gasteiger partial charge >= 0.3 is 0 Å². The second kappa shape index (κ2) is 5.17. The van der Waals surface area contributed by atoms with E-state index in [9.17, 15) is 4.79 Å².